The van der Waals surface area contributed by atoms with Crippen molar-refractivity contribution in [1.29, 1.82) is 0 Å². The summed E-state index contributed by atoms with van der Waals surface area (Å²) in [6.07, 6.45) is 0.387. The number of likely N-dealkylation sites (tertiary alicyclic amines) is 1. The first-order chi connectivity index (χ1) is 16.7. The lowest BCUT2D eigenvalue weighted by atomic mass is 10.0. The zero-order chi connectivity index (χ0) is 25.0. The van der Waals surface area contributed by atoms with Crippen LogP contribution in [0.3, 0.4) is 0 Å². The molecule has 35 heavy (non-hydrogen) atoms. The van der Waals surface area contributed by atoms with Crippen LogP contribution in [0.5, 0.6) is 5.75 Å². The molecule has 0 saturated carbocycles. The van der Waals surface area contributed by atoms with Crippen LogP contribution in [-0.2, 0) is 0 Å². The number of rotatable bonds is 6. The maximum absolute atomic E-state index is 13.1. The average Bonchev–Trinajstić information content (AvgIpc) is 2.83. The summed E-state index contributed by atoms with van der Waals surface area (Å²) in [4.78, 5) is 19.2. The van der Waals surface area contributed by atoms with Gasteiger partial charge in [0.1, 0.15) is 5.75 Å². The molecule has 184 valence electrons. The quantitative estimate of drug-likeness (QED) is 0.422. The van der Waals surface area contributed by atoms with Crippen molar-refractivity contribution in [2.75, 3.05) is 32.5 Å². The van der Waals surface area contributed by atoms with Crippen molar-refractivity contribution >= 4 is 11.8 Å². The summed E-state index contributed by atoms with van der Waals surface area (Å²) in [5, 5.41) is 13.1. The predicted molar refractivity (Wildman–Crippen MR) is 124 cm³/mol. The number of pyridine rings is 1. The Kier molecular flexibility index (Phi) is 7.15. The maximum Gasteiger partial charge on any atom is 0.422 e. The van der Waals surface area contributed by atoms with Crippen molar-refractivity contribution in [2.24, 2.45) is 4.99 Å². The number of halogens is 3. The highest BCUT2D eigenvalue weighted by Gasteiger charge is 2.28. The lowest BCUT2D eigenvalue weighted by Crippen LogP contribution is -2.36. The second-order valence-electron chi connectivity index (χ2n) is 8.38. The number of anilines is 1. The van der Waals surface area contributed by atoms with E-state index < -0.39 is 12.8 Å². The van der Waals surface area contributed by atoms with Gasteiger partial charge in [-0.05, 0) is 74.3 Å². The lowest BCUT2D eigenvalue weighted by Gasteiger charge is -2.28. The molecule has 0 bridgehead atoms. The number of nitrogen functional groups attached to an aromatic ring is 1. The molecule has 1 aliphatic heterocycles. The first-order valence-corrected chi connectivity index (χ1v) is 11.0. The Labute approximate surface area is 200 Å². The van der Waals surface area contributed by atoms with Crippen molar-refractivity contribution < 1.29 is 23.0 Å². The molecule has 1 aromatic carbocycles. The molecule has 8 nitrogen and oxygen atoms in total. The molecule has 11 heteroatoms. The molecule has 1 atom stereocenters. The van der Waals surface area contributed by atoms with Crippen LogP contribution in [0.2, 0.25) is 0 Å². The molecule has 0 amide bonds. The Morgan fingerprint density at radius 3 is 2.43 bits per heavy atom. The molecule has 3 aromatic rings. The monoisotopic (exact) mass is 485 g/mol. The summed E-state index contributed by atoms with van der Waals surface area (Å²) >= 11 is 0. The molecule has 1 saturated heterocycles. The second kappa shape index (κ2) is 10.3. The van der Waals surface area contributed by atoms with E-state index in [1.807, 2.05) is 7.05 Å². The molecule has 0 radical (unpaired) electrons. The highest BCUT2D eigenvalue weighted by molar-refractivity contribution is 5.93. The third-order valence-electron chi connectivity index (χ3n) is 5.49. The third kappa shape index (κ3) is 6.66. The van der Waals surface area contributed by atoms with Gasteiger partial charge in [-0.1, -0.05) is 0 Å². The Morgan fingerprint density at radius 1 is 1.14 bits per heavy atom. The minimum absolute atomic E-state index is 0.0712. The second-order valence-corrected chi connectivity index (χ2v) is 8.38. The summed E-state index contributed by atoms with van der Waals surface area (Å²) < 4.78 is 42.1. The van der Waals surface area contributed by atoms with Crippen molar-refractivity contribution in [3.05, 3.63) is 54.4 Å². The fraction of sp³-hybridized carbons (Fsp3) is 0.333. The Hall–Kier alpha value is -3.73. The van der Waals surface area contributed by atoms with E-state index in [0.717, 1.165) is 19.4 Å². The molecule has 1 aliphatic rings. The van der Waals surface area contributed by atoms with E-state index in [4.69, 9.17) is 10.5 Å². The molecule has 1 unspecified atom stereocenters. The van der Waals surface area contributed by atoms with Crippen LogP contribution in [0, 0.1) is 0 Å². The minimum atomic E-state index is -4.43. The zero-order valence-electron chi connectivity index (χ0n) is 19.0. The van der Waals surface area contributed by atoms with Gasteiger partial charge in [0.25, 0.3) is 0 Å². The van der Waals surface area contributed by atoms with Gasteiger partial charge in [0, 0.05) is 30.1 Å². The first-order valence-electron chi connectivity index (χ1n) is 11.0. The van der Waals surface area contributed by atoms with Gasteiger partial charge in [-0.25, -0.2) is 15.0 Å². The van der Waals surface area contributed by atoms with Gasteiger partial charge in [0.05, 0.1) is 17.4 Å². The fourth-order valence-electron chi connectivity index (χ4n) is 3.79. The van der Waals surface area contributed by atoms with E-state index >= 15 is 0 Å². The number of aliphatic imine (C=N–C) groups is 1. The molecule has 1 fully saturated rings. The highest BCUT2D eigenvalue weighted by atomic mass is 19.4. The van der Waals surface area contributed by atoms with Crippen LogP contribution >= 0.6 is 0 Å². The summed E-state index contributed by atoms with van der Waals surface area (Å²) in [6, 6.07) is 9.16. The molecule has 0 spiro atoms. The third-order valence-corrected chi connectivity index (χ3v) is 5.49. The number of aromatic nitrogens is 3. The van der Waals surface area contributed by atoms with E-state index in [1.54, 1.807) is 24.3 Å². The van der Waals surface area contributed by atoms with Crippen LogP contribution < -0.4 is 15.6 Å². The molecular weight excluding hydrogens is 461 g/mol. The van der Waals surface area contributed by atoms with Gasteiger partial charge in [0.15, 0.2) is 6.61 Å². The zero-order valence-corrected chi connectivity index (χ0v) is 19.0. The Bertz CT molecular complexity index is 1180. The number of nitrogens with zero attached hydrogens (tertiary/aromatic N) is 5. The normalized spacial score (nSPS) is 17.4. The van der Waals surface area contributed by atoms with Crippen LogP contribution in [0.4, 0.5) is 19.1 Å². The maximum atomic E-state index is 13.1. The number of likely N-dealkylation sites (N-methyl/N-ethyl adjacent to an activating group) is 1. The highest BCUT2D eigenvalue weighted by Crippen LogP contribution is 2.27. The lowest BCUT2D eigenvalue weighted by molar-refractivity contribution is -0.213. The van der Waals surface area contributed by atoms with Crippen molar-refractivity contribution in [3.8, 4) is 28.3 Å². The number of alkyl halides is 3. The van der Waals surface area contributed by atoms with E-state index in [2.05, 4.69) is 24.8 Å². The summed E-state index contributed by atoms with van der Waals surface area (Å²) in [7, 11) is 2.00. The number of ether oxygens (including phenoxy) is 1. The summed E-state index contributed by atoms with van der Waals surface area (Å²) in [5.74, 6) is -0.189. The van der Waals surface area contributed by atoms with E-state index in [0.29, 0.717) is 34.6 Å². The topological polar surface area (TPSA) is 113 Å². The number of benzene rings is 1. The Morgan fingerprint density at radius 2 is 1.80 bits per heavy atom. The van der Waals surface area contributed by atoms with Crippen LogP contribution in [-0.4, -0.2) is 64.7 Å². The fourth-order valence-corrected chi connectivity index (χ4v) is 3.79. The molecule has 3 heterocycles. The summed E-state index contributed by atoms with van der Waals surface area (Å²) in [6.45, 7) is 0.305. The largest absolute Gasteiger partial charge is 0.858 e. The Balaban J connectivity index is 1.68. The number of hydrogen-bond acceptors (Lipinski definition) is 8. The van der Waals surface area contributed by atoms with Crippen LogP contribution in [0.25, 0.3) is 22.5 Å². The molecule has 2 N–H and O–H groups in total. The average molecular weight is 485 g/mol. The van der Waals surface area contributed by atoms with Crippen LogP contribution in [0.15, 0.2) is 53.8 Å². The van der Waals surface area contributed by atoms with Crippen LogP contribution in [0.1, 0.15) is 18.4 Å². The number of hydrogen-bond donors (Lipinski definition) is 1. The van der Waals surface area contributed by atoms with E-state index in [9.17, 15) is 18.3 Å². The van der Waals surface area contributed by atoms with Crippen molar-refractivity contribution in [1.82, 2.24) is 19.9 Å². The predicted octanol–water partition coefficient (Wildman–Crippen LogP) is 2.93. The van der Waals surface area contributed by atoms with Gasteiger partial charge >= 0.3 is 6.18 Å². The molecular formula is C24H24F3N6O2-. The summed E-state index contributed by atoms with van der Waals surface area (Å²) in [5.41, 5.74) is 7.96. The number of piperidine rings is 1. The smallest absolute Gasteiger partial charge is 0.422 e. The van der Waals surface area contributed by atoms with Gasteiger partial charge in [-0.3, -0.25) is 4.99 Å². The molecule has 4 rings (SSSR count). The SMILES string of the molecule is CN1CCCC(N=C([O-])c2cc(-c3ccc(OCC(F)(F)F)cc3)nc(-c3cnc(N)nc3)c2)C1. The van der Waals surface area contributed by atoms with Crippen molar-refractivity contribution in [2.45, 2.75) is 25.1 Å². The minimum Gasteiger partial charge on any atom is -0.858 e. The van der Waals surface area contributed by atoms with Gasteiger partial charge in [-0.2, -0.15) is 13.2 Å². The first kappa shape index (κ1) is 24.4. The van der Waals surface area contributed by atoms with E-state index in [1.165, 1.54) is 24.5 Å². The number of nitrogens with two attached hydrogens (primary N) is 1. The van der Waals surface area contributed by atoms with Gasteiger partial charge < -0.3 is 20.5 Å². The standard InChI is InChI=1S/C24H25F3N6O2/c1-33-8-2-3-18(13-33)31-22(34)16-9-20(32-21(10-16)17-11-29-23(28)30-12-17)15-4-6-19(7-5-15)35-14-24(25,26)27/h4-7,9-12,18H,2-3,8,13-14H2,1H3,(H,31,34)(H2,28,29,30)/p-1. The molecule has 2 aromatic heterocycles. The molecule has 0 aliphatic carbocycles. The van der Waals surface area contributed by atoms with Crippen molar-refractivity contribution in [3.63, 3.8) is 0 Å². The van der Waals surface area contributed by atoms with Gasteiger partial charge in [0.2, 0.25) is 5.95 Å². The van der Waals surface area contributed by atoms with E-state index in [-0.39, 0.29) is 23.6 Å². The van der Waals surface area contributed by atoms with Gasteiger partial charge in [-0.15, -0.1) is 0 Å².